The van der Waals surface area contributed by atoms with Crippen LogP contribution in [0.2, 0.25) is 0 Å². The Morgan fingerprint density at radius 1 is 1.10 bits per heavy atom. The van der Waals surface area contributed by atoms with E-state index in [4.69, 9.17) is 10.5 Å². The number of rotatable bonds is 3. The van der Waals surface area contributed by atoms with Crippen molar-refractivity contribution in [3.05, 3.63) is 53.9 Å². The molecule has 0 aliphatic carbocycles. The van der Waals surface area contributed by atoms with Crippen LogP contribution in [-0.2, 0) is 6.54 Å². The van der Waals surface area contributed by atoms with Gasteiger partial charge in [-0.15, -0.1) is 0 Å². The summed E-state index contributed by atoms with van der Waals surface area (Å²) in [6, 6.07) is 9.52. The summed E-state index contributed by atoms with van der Waals surface area (Å²) >= 11 is 0. The average molecular weight is 266 g/mol. The van der Waals surface area contributed by atoms with Gasteiger partial charge in [-0.3, -0.25) is 4.98 Å². The van der Waals surface area contributed by atoms with E-state index in [9.17, 15) is 0 Å². The molecule has 2 heterocycles. The van der Waals surface area contributed by atoms with Crippen molar-refractivity contribution in [1.82, 2.24) is 15.0 Å². The Bertz CT molecular complexity index is 758. The maximum Gasteiger partial charge on any atom is 0.221 e. The number of ether oxygens (including phenoxy) is 1. The summed E-state index contributed by atoms with van der Waals surface area (Å²) in [5.41, 5.74) is 9.01. The van der Waals surface area contributed by atoms with Gasteiger partial charge in [0.25, 0.3) is 0 Å². The summed E-state index contributed by atoms with van der Waals surface area (Å²) in [7, 11) is 0. The quantitative estimate of drug-likeness (QED) is 0.788. The highest BCUT2D eigenvalue weighted by Crippen LogP contribution is 2.25. The van der Waals surface area contributed by atoms with Gasteiger partial charge >= 0.3 is 0 Å². The number of nitrogens with zero attached hydrogens (tertiary/aromatic N) is 3. The molecule has 0 spiro atoms. The Morgan fingerprint density at radius 3 is 2.80 bits per heavy atom. The van der Waals surface area contributed by atoms with Crippen molar-refractivity contribution in [2.24, 2.45) is 5.73 Å². The van der Waals surface area contributed by atoms with E-state index in [1.807, 2.05) is 31.2 Å². The molecule has 0 saturated carbocycles. The molecule has 0 amide bonds. The van der Waals surface area contributed by atoms with Gasteiger partial charge in [-0.25, -0.2) is 4.98 Å². The monoisotopic (exact) mass is 266 g/mol. The summed E-state index contributed by atoms with van der Waals surface area (Å²) in [5.74, 6) is 1.25. The van der Waals surface area contributed by atoms with E-state index in [0.29, 0.717) is 18.1 Å². The first kappa shape index (κ1) is 12.5. The molecular formula is C15H14N4O. The SMILES string of the molecule is Cc1ccc(CN)cc1Oc1ccc2nccnc2n1. The Hall–Kier alpha value is -2.53. The molecule has 100 valence electrons. The highest BCUT2D eigenvalue weighted by atomic mass is 16.5. The number of hydrogen-bond acceptors (Lipinski definition) is 5. The first-order chi connectivity index (χ1) is 9.76. The second-order valence-corrected chi connectivity index (χ2v) is 4.45. The van der Waals surface area contributed by atoms with Gasteiger partial charge in [0.15, 0.2) is 5.65 Å². The maximum absolute atomic E-state index is 5.83. The van der Waals surface area contributed by atoms with Gasteiger partial charge in [-0.2, -0.15) is 4.98 Å². The van der Waals surface area contributed by atoms with Gasteiger partial charge in [0, 0.05) is 25.0 Å². The summed E-state index contributed by atoms with van der Waals surface area (Å²) in [6.07, 6.45) is 3.25. The van der Waals surface area contributed by atoms with Crippen molar-refractivity contribution in [1.29, 1.82) is 0 Å². The van der Waals surface area contributed by atoms with Gasteiger partial charge in [-0.1, -0.05) is 12.1 Å². The van der Waals surface area contributed by atoms with Crippen molar-refractivity contribution in [2.75, 3.05) is 0 Å². The average Bonchev–Trinajstić information content (AvgIpc) is 2.49. The maximum atomic E-state index is 5.83. The minimum atomic E-state index is 0.479. The van der Waals surface area contributed by atoms with E-state index in [0.717, 1.165) is 22.4 Å². The molecule has 20 heavy (non-hydrogen) atoms. The molecule has 0 saturated heterocycles. The van der Waals surface area contributed by atoms with Crippen LogP contribution in [0.1, 0.15) is 11.1 Å². The van der Waals surface area contributed by atoms with Gasteiger partial charge in [0.1, 0.15) is 11.3 Å². The van der Waals surface area contributed by atoms with E-state index < -0.39 is 0 Å². The van der Waals surface area contributed by atoms with Crippen LogP contribution in [0.5, 0.6) is 11.6 Å². The lowest BCUT2D eigenvalue weighted by Crippen LogP contribution is -1.98. The highest BCUT2D eigenvalue weighted by molar-refractivity contribution is 5.69. The third kappa shape index (κ3) is 2.44. The fourth-order valence-electron chi connectivity index (χ4n) is 1.89. The van der Waals surface area contributed by atoms with Crippen molar-refractivity contribution in [2.45, 2.75) is 13.5 Å². The van der Waals surface area contributed by atoms with Gasteiger partial charge in [0.05, 0.1) is 0 Å². The molecule has 0 bridgehead atoms. The fraction of sp³-hybridized carbons (Fsp3) is 0.133. The molecule has 0 unspecified atom stereocenters. The predicted octanol–water partition coefficient (Wildman–Crippen LogP) is 2.58. The van der Waals surface area contributed by atoms with Crippen LogP contribution >= 0.6 is 0 Å². The van der Waals surface area contributed by atoms with Gasteiger partial charge in [-0.05, 0) is 30.2 Å². The molecule has 3 aromatic rings. The molecule has 0 radical (unpaired) electrons. The first-order valence-electron chi connectivity index (χ1n) is 6.31. The third-order valence-electron chi connectivity index (χ3n) is 3.01. The van der Waals surface area contributed by atoms with Crippen LogP contribution in [0.25, 0.3) is 11.2 Å². The number of benzene rings is 1. The Morgan fingerprint density at radius 2 is 1.95 bits per heavy atom. The fourth-order valence-corrected chi connectivity index (χ4v) is 1.89. The largest absolute Gasteiger partial charge is 0.439 e. The minimum absolute atomic E-state index is 0.479. The van der Waals surface area contributed by atoms with Crippen LogP contribution in [-0.4, -0.2) is 15.0 Å². The topological polar surface area (TPSA) is 73.9 Å². The Kier molecular flexibility index (Phi) is 3.26. The summed E-state index contributed by atoms with van der Waals surface area (Å²) < 4.78 is 5.83. The lowest BCUT2D eigenvalue weighted by atomic mass is 10.1. The minimum Gasteiger partial charge on any atom is -0.439 e. The van der Waals surface area contributed by atoms with E-state index in [1.54, 1.807) is 18.5 Å². The van der Waals surface area contributed by atoms with E-state index in [-0.39, 0.29) is 0 Å². The van der Waals surface area contributed by atoms with Crippen LogP contribution in [0.15, 0.2) is 42.7 Å². The zero-order valence-electron chi connectivity index (χ0n) is 11.1. The molecule has 0 aliphatic rings. The molecule has 0 fully saturated rings. The van der Waals surface area contributed by atoms with Crippen LogP contribution < -0.4 is 10.5 Å². The molecule has 3 rings (SSSR count). The number of hydrogen-bond donors (Lipinski definition) is 1. The van der Waals surface area contributed by atoms with Crippen molar-refractivity contribution >= 4 is 11.2 Å². The molecule has 2 aromatic heterocycles. The number of fused-ring (bicyclic) bond motifs is 1. The van der Waals surface area contributed by atoms with Gasteiger partial charge < -0.3 is 10.5 Å². The first-order valence-corrected chi connectivity index (χ1v) is 6.31. The van der Waals surface area contributed by atoms with Crippen LogP contribution in [0.3, 0.4) is 0 Å². The van der Waals surface area contributed by atoms with E-state index >= 15 is 0 Å². The molecule has 0 aliphatic heterocycles. The lowest BCUT2D eigenvalue weighted by molar-refractivity contribution is 0.460. The van der Waals surface area contributed by atoms with E-state index in [1.165, 1.54) is 0 Å². The molecule has 5 nitrogen and oxygen atoms in total. The number of aromatic nitrogens is 3. The van der Waals surface area contributed by atoms with Crippen LogP contribution in [0, 0.1) is 6.92 Å². The third-order valence-corrected chi connectivity index (χ3v) is 3.01. The molecule has 0 atom stereocenters. The zero-order valence-corrected chi connectivity index (χ0v) is 11.1. The van der Waals surface area contributed by atoms with Crippen molar-refractivity contribution < 1.29 is 4.74 Å². The lowest BCUT2D eigenvalue weighted by Gasteiger charge is -2.09. The molecular weight excluding hydrogens is 252 g/mol. The van der Waals surface area contributed by atoms with Crippen molar-refractivity contribution in [3.63, 3.8) is 0 Å². The molecule has 2 N–H and O–H groups in total. The van der Waals surface area contributed by atoms with E-state index in [2.05, 4.69) is 15.0 Å². The number of aryl methyl sites for hydroxylation is 1. The second-order valence-electron chi connectivity index (χ2n) is 4.45. The summed E-state index contributed by atoms with van der Waals surface area (Å²) in [5, 5.41) is 0. The highest BCUT2D eigenvalue weighted by Gasteiger charge is 2.05. The molecule has 1 aromatic carbocycles. The Balaban J connectivity index is 1.96. The zero-order chi connectivity index (χ0) is 13.9. The second kappa shape index (κ2) is 5.22. The Labute approximate surface area is 116 Å². The van der Waals surface area contributed by atoms with Gasteiger partial charge in [0.2, 0.25) is 5.88 Å². The smallest absolute Gasteiger partial charge is 0.221 e. The normalized spacial score (nSPS) is 10.7. The summed E-state index contributed by atoms with van der Waals surface area (Å²) in [4.78, 5) is 12.7. The van der Waals surface area contributed by atoms with Crippen LogP contribution in [0.4, 0.5) is 0 Å². The van der Waals surface area contributed by atoms with Crippen molar-refractivity contribution in [3.8, 4) is 11.6 Å². The standard InChI is InChI=1S/C15H14N4O/c1-10-2-3-11(9-16)8-13(10)20-14-5-4-12-15(19-14)18-7-6-17-12/h2-8H,9,16H2,1H3. The number of pyridine rings is 1. The predicted molar refractivity (Wildman–Crippen MR) is 76.5 cm³/mol. The molecule has 5 heteroatoms. The summed E-state index contributed by atoms with van der Waals surface area (Å²) in [6.45, 7) is 2.46. The number of nitrogens with two attached hydrogens (primary N) is 1.